The predicted molar refractivity (Wildman–Crippen MR) is 226 cm³/mol. The summed E-state index contributed by atoms with van der Waals surface area (Å²) >= 11 is 0. The van der Waals surface area contributed by atoms with Crippen molar-refractivity contribution in [2.24, 2.45) is 0 Å². The van der Waals surface area contributed by atoms with E-state index in [1.807, 2.05) is 48.7 Å². The third-order valence-electron chi connectivity index (χ3n) is 11.7. The minimum atomic E-state index is 0.0333. The summed E-state index contributed by atoms with van der Waals surface area (Å²) in [6, 6.07) is 53.0. The van der Waals surface area contributed by atoms with E-state index >= 15 is 0 Å². The van der Waals surface area contributed by atoms with Gasteiger partial charge in [0, 0.05) is 34.5 Å². The lowest BCUT2D eigenvalue weighted by atomic mass is 9.67. The molecule has 0 N–H and O–H groups in total. The van der Waals surface area contributed by atoms with Gasteiger partial charge >= 0.3 is 0 Å². The Balaban J connectivity index is 1.01. The van der Waals surface area contributed by atoms with Gasteiger partial charge in [0.05, 0.1) is 6.57 Å². The molecule has 2 aromatic heterocycles. The first kappa shape index (κ1) is 33.5. The highest BCUT2D eigenvalue weighted by Crippen LogP contribution is 2.58. The van der Waals surface area contributed by atoms with Gasteiger partial charge in [-0.1, -0.05) is 153 Å². The van der Waals surface area contributed by atoms with E-state index < -0.39 is 0 Å². The number of fused-ring (bicyclic) bond motifs is 5. The second-order valence-electron chi connectivity index (χ2n) is 14.9. The fourth-order valence-corrected chi connectivity index (χ4v) is 8.92. The Bertz CT molecular complexity index is 2760. The summed E-state index contributed by atoms with van der Waals surface area (Å²) in [5.74, 6) is 1.88. The van der Waals surface area contributed by atoms with E-state index in [0.29, 0.717) is 23.2 Å². The molecule has 266 valence electrons. The van der Waals surface area contributed by atoms with E-state index in [0.717, 1.165) is 51.8 Å². The van der Waals surface area contributed by atoms with Gasteiger partial charge in [0.1, 0.15) is 0 Å². The molecule has 2 aliphatic rings. The fraction of sp³-hybridized carbons (Fsp3) is 0.118. The van der Waals surface area contributed by atoms with Crippen LogP contribution in [0.15, 0.2) is 164 Å². The maximum Gasteiger partial charge on any atom is 0.187 e. The van der Waals surface area contributed by atoms with Gasteiger partial charge in [-0.05, 0) is 86.7 Å². The highest BCUT2D eigenvalue weighted by Gasteiger charge is 2.44. The molecule has 56 heavy (non-hydrogen) atoms. The van der Waals surface area contributed by atoms with E-state index in [4.69, 9.17) is 21.5 Å². The summed E-state index contributed by atoms with van der Waals surface area (Å²) in [6.45, 7) is 7.78. The van der Waals surface area contributed by atoms with Crippen LogP contribution in [-0.4, -0.2) is 19.9 Å². The van der Waals surface area contributed by atoms with Gasteiger partial charge in [0.25, 0.3) is 0 Å². The lowest BCUT2D eigenvalue weighted by Gasteiger charge is -2.36. The monoisotopic (exact) mass is 719 g/mol. The van der Waals surface area contributed by atoms with Crippen LogP contribution in [0.4, 0.5) is 5.69 Å². The van der Waals surface area contributed by atoms with Crippen molar-refractivity contribution in [2.45, 2.75) is 37.5 Å². The Kier molecular flexibility index (Phi) is 8.38. The molecular formula is C51H37N5. The SMILES string of the molecule is [C-]#[N+]c1ccc2c(c1)-c1c(-c3cccc(-c4ccc(-c5nc(-c6ccccc6)nc(-c6ccc(-c7cccnc7)cc6)n5)cc4)c3)cccc1C21CCCCC1. The molecule has 1 fully saturated rings. The molecule has 6 aromatic carbocycles. The summed E-state index contributed by atoms with van der Waals surface area (Å²) in [5, 5.41) is 0. The quantitative estimate of drug-likeness (QED) is 0.161. The van der Waals surface area contributed by atoms with E-state index in [1.165, 1.54) is 52.6 Å². The van der Waals surface area contributed by atoms with Crippen LogP contribution in [0.3, 0.4) is 0 Å². The van der Waals surface area contributed by atoms with Gasteiger partial charge in [-0.3, -0.25) is 4.98 Å². The largest absolute Gasteiger partial charge is 0.264 e. The molecule has 0 aliphatic heterocycles. The maximum absolute atomic E-state index is 7.78. The summed E-state index contributed by atoms with van der Waals surface area (Å²) < 4.78 is 0. The Morgan fingerprint density at radius 1 is 0.446 bits per heavy atom. The smallest absolute Gasteiger partial charge is 0.187 e. The standard InChI is InChI=1S/C51H37N5/c1-52-42-26-27-45-44(32-42)47-43(16-9-17-46(47)51(45)28-6-3-7-29-51)40-14-8-13-39(31-40)34-18-22-37(23-19-34)49-54-48(36-11-4-2-5-12-36)55-50(56-49)38-24-20-35(21-25-38)41-15-10-30-53-33-41/h2,4-5,8-27,30-33H,3,6-7,28-29H2. The molecule has 2 aliphatic carbocycles. The Hall–Kier alpha value is -7.03. The summed E-state index contributed by atoms with van der Waals surface area (Å²) in [4.78, 5) is 23.0. The molecule has 1 saturated carbocycles. The van der Waals surface area contributed by atoms with Crippen LogP contribution in [0.25, 0.3) is 83.5 Å². The Morgan fingerprint density at radius 2 is 1.04 bits per heavy atom. The highest BCUT2D eigenvalue weighted by molar-refractivity contribution is 5.94. The topological polar surface area (TPSA) is 55.9 Å². The number of hydrogen-bond donors (Lipinski definition) is 0. The minimum absolute atomic E-state index is 0.0333. The second kappa shape index (κ2) is 14.0. The van der Waals surface area contributed by atoms with Crippen LogP contribution >= 0.6 is 0 Å². The highest BCUT2D eigenvalue weighted by atomic mass is 15.0. The van der Waals surface area contributed by atoms with Gasteiger partial charge < -0.3 is 0 Å². The van der Waals surface area contributed by atoms with E-state index in [2.05, 4.69) is 119 Å². The Labute approximate surface area is 327 Å². The third kappa shape index (κ3) is 5.88. The molecule has 5 nitrogen and oxygen atoms in total. The van der Waals surface area contributed by atoms with Crippen LogP contribution < -0.4 is 0 Å². The van der Waals surface area contributed by atoms with Crippen molar-refractivity contribution >= 4 is 5.69 Å². The fourth-order valence-electron chi connectivity index (χ4n) is 8.92. The van der Waals surface area contributed by atoms with E-state index in [9.17, 15) is 0 Å². The number of aromatic nitrogens is 4. The van der Waals surface area contributed by atoms with Crippen LogP contribution in [-0.2, 0) is 5.41 Å². The molecular weight excluding hydrogens is 683 g/mol. The van der Waals surface area contributed by atoms with Crippen molar-refractivity contribution in [2.75, 3.05) is 0 Å². The molecule has 0 bridgehead atoms. The van der Waals surface area contributed by atoms with E-state index in [1.54, 1.807) is 6.20 Å². The number of benzene rings is 6. The molecule has 0 saturated heterocycles. The van der Waals surface area contributed by atoms with Crippen molar-refractivity contribution in [3.63, 3.8) is 0 Å². The van der Waals surface area contributed by atoms with Gasteiger partial charge in [0.2, 0.25) is 0 Å². The summed E-state index contributed by atoms with van der Waals surface area (Å²) in [6.07, 6.45) is 9.73. The molecule has 10 rings (SSSR count). The van der Waals surface area contributed by atoms with E-state index in [-0.39, 0.29) is 5.41 Å². The summed E-state index contributed by atoms with van der Waals surface area (Å²) in [5.41, 5.74) is 15.7. The van der Waals surface area contributed by atoms with Crippen LogP contribution in [0.2, 0.25) is 0 Å². The van der Waals surface area contributed by atoms with Crippen molar-refractivity contribution in [1.82, 2.24) is 19.9 Å². The molecule has 0 unspecified atom stereocenters. The van der Waals surface area contributed by atoms with Gasteiger partial charge in [0.15, 0.2) is 23.2 Å². The first-order valence-corrected chi connectivity index (χ1v) is 19.4. The molecule has 1 spiro atoms. The van der Waals surface area contributed by atoms with Gasteiger partial charge in [-0.25, -0.2) is 19.8 Å². The average Bonchev–Trinajstić information content (AvgIpc) is 3.55. The zero-order chi connectivity index (χ0) is 37.5. The van der Waals surface area contributed by atoms with Gasteiger partial charge in [-0.2, -0.15) is 0 Å². The number of pyridine rings is 1. The lowest BCUT2D eigenvalue weighted by molar-refractivity contribution is 0.353. The van der Waals surface area contributed by atoms with Crippen LogP contribution in [0, 0.1) is 6.57 Å². The number of rotatable bonds is 6. The van der Waals surface area contributed by atoms with Crippen molar-refractivity contribution < 1.29 is 0 Å². The average molecular weight is 720 g/mol. The molecule has 0 amide bonds. The van der Waals surface area contributed by atoms with Crippen LogP contribution in [0.1, 0.15) is 43.2 Å². The zero-order valence-corrected chi connectivity index (χ0v) is 30.9. The normalized spacial score (nSPS) is 13.8. The number of nitrogens with zero attached hydrogens (tertiary/aromatic N) is 5. The lowest BCUT2D eigenvalue weighted by Crippen LogP contribution is -2.27. The second-order valence-corrected chi connectivity index (χ2v) is 14.9. The first-order chi connectivity index (χ1) is 27.7. The van der Waals surface area contributed by atoms with Crippen molar-refractivity contribution in [3.8, 4) is 78.7 Å². The molecule has 5 heteroatoms. The third-order valence-corrected chi connectivity index (χ3v) is 11.7. The predicted octanol–water partition coefficient (Wildman–Crippen LogP) is 13.0. The van der Waals surface area contributed by atoms with Crippen molar-refractivity contribution in [3.05, 3.63) is 187 Å². The Morgan fingerprint density at radius 3 is 1.70 bits per heavy atom. The minimum Gasteiger partial charge on any atom is -0.264 e. The first-order valence-electron chi connectivity index (χ1n) is 19.4. The molecule has 2 heterocycles. The van der Waals surface area contributed by atoms with Crippen molar-refractivity contribution in [1.29, 1.82) is 0 Å². The van der Waals surface area contributed by atoms with Gasteiger partial charge in [-0.15, -0.1) is 0 Å². The van der Waals surface area contributed by atoms with Crippen LogP contribution in [0.5, 0.6) is 0 Å². The molecule has 8 aromatic rings. The zero-order valence-electron chi connectivity index (χ0n) is 30.9. The molecule has 0 atom stereocenters. The summed E-state index contributed by atoms with van der Waals surface area (Å²) in [7, 11) is 0. The number of hydrogen-bond acceptors (Lipinski definition) is 4. The maximum atomic E-state index is 7.78. The molecule has 0 radical (unpaired) electrons.